The lowest BCUT2D eigenvalue weighted by Gasteiger charge is -2.37. The Bertz CT molecular complexity index is 537. The number of carbonyl (C=O) groups excluding carboxylic acids is 1. The maximum absolute atomic E-state index is 12.2. The lowest BCUT2D eigenvalue weighted by atomic mass is 9.92. The standard InChI is InChI=1S/C16H22N4O/c1-12-6-7-20(14(8-12)10-18)11-16(21)19-15-5-3-2-4-13(15)9-17/h2-5,12,14H,6-8,10-11,18H2,1H3,(H,19,21). The fourth-order valence-electron chi connectivity index (χ4n) is 2.82. The van der Waals surface area contributed by atoms with Crippen LogP contribution < -0.4 is 11.1 Å². The average molecular weight is 286 g/mol. The van der Waals surface area contributed by atoms with E-state index in [2.05, 4.69) is 23.2 Å². The molecule has 1 aliphatic heterocycles. The van der Waals surface area contributed by atoms with E-state index in [-0.39, 0.29) is 11.9 Å². The van der Waals surface area contributed by atoms with Gasteiger partial charge < -0.3 is 11.1 Å². The van der Waals surface area contributed by atoms with Crippen LogP contribution in [0.2, 0.25) is 0 Å². The molecule has 1 aliphatic rings. The van der Waals surface area contributed by atoms with Gasteiger partial charge in [-0.25, -0.2) is 0 Å². The predicted molar refractivity (Wildman–Crippen MR) is 82.6 cm³/mol. The molecule has 5 heteroatoms. The molecule has 3 N–H and O–H groups in total. The van der Waals surface area contributed by atoms with Gasteiger partial charge >= 0.3 is 0 Å². The van der Waals surface area contributed by atoms with Gasteiger partial charge in [-0.3, -0.25) is 9.69 Å². The van der Waals surface area contributed by atoms with Gasteiger partial charge in [0, 0.05) is 12.6 Å². The number of benzene rings is 1. The normalized spacial score (nSPS) is 22.5. The second kappa shape index (κ2) is 7.21. The first-order valence-corrected chi connectivity index (χ1v) is 7.37. The first-order chi connectivity index (χ1) is 10.1. The minimum absolute atomic E-state index is 0.0919. The highest BCUT2D eigenvalue weighted by Gasteiger charge is 2.26. The highest BCUT2D eigenvalue weighted by molar-refractivity contribution is 5.93. The lowest BCUT2D eigenvalue weighted by Crippen LogP contribution is -2.49. The van der Waals surface area contributed by atoms with Crippen molar-refractivity contribution in [3.63, 3.8) is 0 Å². The molecule has 2 atom stereocenters. The summed E-state index contributed by atoms with van der Waals surface area (Å²) >= 11 is 0. The summed E-state index contributed by atoms with van der Waals surface area (Å²) in [6, 6.07) is 9.38. The third kappa shape index (κ3) is 4.03. The number of rotatable bonds is 4. The molecule has 2 unspecified atom stereocenters. The van der Waals surface area contributed by atoms with Crippen molar-refractivity contribution in [2.24, 2.45) is 11.7 Å². The summed E-state index contributed by atoms with van der Waals surface area (Å²) in [5.74, 6) is 0.572. The molecular weight excluding hydrogens is 264 g/mol. The quantitative estimate of drug-likeness (QED) is 0.880. The van der Waals surface area contributed by atoms with Crippen molar-refractivity contribution >= 4 is 11.6 Å². The number of nitrogens with two attached hydrogens (primary N) is 1. The summed E-state index contributed by atoms with van der Waals surface area (Å²) in [6.07, 6.45) is 2.14. The van der Waals surface area contributed by atoms with Crippen molar-refractivity contribution in [2.45, 2.75) is 25.8 Å². The van der Waals surface area contributed by atoms with Gasteiger partial charge in [0.2, 0.25) is 5.91 Å². The smallest absolute Gasteiger partial charge is 0.238 e. The SMILES string of the molecule is CC1CCN(CC(=O)Nc2ccccc2C#N)C(CN)C1. The van der Waals surface area contributed by atoms with E-state index in [9.17, 15) is 4.79 Å². The second-order valence-corrected chi connectivity index (χ2v) is 5.70. The second-order valence-electron chi connectivity index (χ2n) is 5.70. The maximum Gasteiger partial charge on any atom is 0.238 e. The molecule has 21 heavy (non-hydrogen) atoms. The topological polar surface area (TPSA) is 82.2 Å². The number of anilines is 1. The third-order valence-electron chi connectivity index (χ3n) is 4.04. The monoisotopic (exact) mass is 286 g/mol. The molecule has 1 fully saturated rings. The molecule has 1 heterocycles. The van der Waals surface area contributed by atoms with Crippen LogP contribution in [0.1, 0.15) is 25.3 Å². The molecule has 2 rings (SSSR count). The Balaban J connectivity index is 1.97. The predicted octanol–water partition coefficient (Wildman–Crippen LogP) is 1.56. The molecule has 5 nitrogen and oxygen atoms in total. The van der Waals surface area contributed by atoms with Crippen molar-refractivity contribution in [1.82, 2.24) is 4.90 Å². The van der Waals surface area contributed by atoms with Gasteiger partial charge in [-0.1, -0.05) is 19.1 Å². The largest absolute Gasteiger partial charge is 0.329 e. The molecule has 0 saturated carbocycles. The Labute approximate surface area is 125 Å². The summed E-state index contributed by atoms with van der Waals surface area (Å²) in [5, 5.41) is 11.9. The molecule has 0 bridgehead atoms. The molecular formula is C16H22N4O. The Kier molecular flexibility index (Phi) is 5.32. The van der Waals surface area contributed by atoms with Gasteiger partial charge in [0.25, 0.3) is 0 Å². The van der Waals surface area contributed by atoms with Crippen LogP contribution >= 0.6 is 0 Å². The summed E-state index contributed by atoms with van der Waals surface area (Å²) < 4.78 is 0. The van der Waals surface area contributed by atoms with E-state index in [4.69, 9.17) is 11.0 Å². The summed E-state index contributed by atoms with van der Waals surface area (Å²) in [6.45, 7) is 4.03. The molecule has 112 valence electrons. The number of carbonyl (C=O) groups is 1. The molecule has 0 radical (unpaired) electrons. The molecule has 1 aromatic carbocycles. The van der Waals surface area contributed by atoms with Gasteiger partial charge in [-0.15, -0.1) is 0 Å². The minimum Gasteiger partial charge on any atom is -0.329 e. The average Bonchev–Trinajstić information content (AvgIpc) is 2.49. The zero-order valence-corrected chi connectivity index (χ0v) is 12.4. The van der Waals surface area contributed by atoms with E-state index in [1.807, 2.05) is 6.07 Å². The van der Waals surface area contributed by atoms with Gasteiger partial charge in [-0.2, -0.15) is 5.26 Å². The minimum atomic E-state index is -0.0919. The third-order valence-corrected chi connectivity index (χ3v) is 4.04. The highest BCUT2D eigenvalue weighted by atomic mass is 16.2. The number of likely N-dealkylation sites (tertiary alicyclic amines) is 1. The van der Waals surface area contributed by atoms with Crippen molar-refractivity contribution in [1.29, 1.82) is 5.26 Å². The van der Waals surface area contributed by atoms with E-state index in [1.165, 1.54) is 0 Å². The van der Waals surface area contributed by atoms with E-state index >= 15 is 0 Å². The number of piperidine rings is 1. The number of para-hydroxylation sites is 1. The van der Waals surface area contributed by atoms with E-state index in [1.54, 1.807) is 18.2 Å². The van der Waals surface area contributed by atoms with Crippen molar-refractivity contribution < 1.29 is 4.79 Å². The first-order valence-electron chi connectivity index (χ1n) is 7.37. The zero-order valence-electron chi connectivity index (χ0n) is 12.4. The van der Waals surface area contributed by atoms with Crippen LogP contribution in [0.15, 0.2) is 24.3 Å². The number of nitrogens with one attached hydrogen (secondary N) is 1. The van der Waals surface area contributed by atoms with Crippen molar-refractivity contribution in [3.8, 4) is 6.07 Å². The van der Waals surface area contributed by atoms with Gasteiger partial charge in [0.1, 0.15) is 6.07 Å². The number of hydrogen-bond donors (Lipinski definition) is 2. The van der Waals surface area contributed by atoms with Crippen molar-refractivity contribution in [2.75, 3.05) is 25.0 Å². The molecule has 0 aromatic heterocycles. The Morgan fingerprint density at radius 1 is 1.52 bits per heavy atom. The highest BCUT2D eigenvalue weighted by Crippen LogP contribution is 2.22. The number of nitriles is 1. The van der Waals surface area contributed by atoms with Crippen LogP contribution in [0.3, 0.4) is 0 Å². The number of nitrogens with zero attached hydrogens (tertiary/aromatic N) is 2. The number of amides is 1. The van der Waals surface area contributed by atoms with Crippen LogP contribution in [0.5, 0.6) is 0 Å². The molecule has 0 aliphatic carbocycles. The summed E-state index contributed by atoms with van der Waals surface area (Å²) in [7, 11) is 0. The molecule has 0 spiro atoms. The van der Waals surface area contributed by atoms with Crippen LogP contribution in [0, 0.1) is 17.2 Å². The Morgan fingerprint density at radius 2 is 2.29 bits per heavy atom. The van der Waals surface area contributed by atoms with Crippen LogP contribution in [-0.4, -0.2) is 36.5 Å². The van der Waals surface area contributed by atoms with E-state index in [0.29, 0.717) is 30.3 Å². The Hall–Kier alpha value is -1.90. The molecule has 1 saturated heterocycles. The zero-order chi connectivity index (χ0) is 15.2. The summed E-state index contributed by atoms with van der Waals surface area (Å²) in [5.41, 5.74) is 6.86. The van der Waals surface area contributed by atoms with Crippen molar-refractivity contribution in [3.05, 3.63) is 29.8 Å². The van der Waals surface area contributed by atoms with Gasteiger partial charge in [0.15, 0.2) is 0 Å². The van der Waals surface area contributed by atoms with E-state index in [0.717, 1.165) is 19.4 Å². The molecule has 1 amide bonds. The Morgan fingerprint density at radius 3 is 3.00 bits per heavy atom. The van der Waals surface area contributed by atoms with Crippen LogP contribution in [0.25, 0.3) is 0 Å². The number of hydrogen-bond acceptors (Lipinski definition) is 4. The van der Waals surface area contributed by atoms with Crippen LogP contribution in [0.4, 0.5) is 5.69 Å². The first kappa shape index (κ1) is 15.5. The lowest BCUT2D eigenvalue weighted by molar-refractivity contribution is -0.118. The van der Waals surface area contributed by atoms with E-state index < -0.39 is 0 Å². The maximum atomic E-state index is 12.2. The summed E-state index contributed by atoms with van der Waals surface area (Å²) in [4.78, 5) is 14.3. The fourth-order valence-corrected chi connectivity index (χ4v) is 2.82. The molecule has 1 aromatic rings. The fraction of sp³-hybridized carbons (Fsp3) is 0.500. The van der Waals surface area contributed by atoms with Crippen LogP contribution in [-0.2, 0) is 4.79 Å². The van der Waals surface area contributed by atoms with Gasteiger partial charge in [0.05, 0.1) is 17.8 Å². The van der Waals surface area contributed by atoms with Gasteiger partial charge in [-0.05, 0) is 37.4 Å².